The number of sulfone groups is 1. The molecule has 0 unspecified atom stereocenters. The van der Waals surface area contributed by atoms with Crippen molar-refractivity contribution in [1.82, 2.24) is 5.32 Å². The average Bonchev–Trinajstić information content (AvgIpc) is 2.79. The van der Waals surface area contributed by atoms with Crippen molar-refractivity contribution < 1.29 is 43.9 Å². The van der Waals surface area contributed by atoms with Crippen LogP contribution >= 0.6 is 11.6 Å². The number of hydrogen-bond donors (Lipinski definition) is 1. The summed E-state index contributed by atoms with van der Waals surface area (Å²) in [7, 11) is -4.44. The van der Waals surface area contributed by atoms with Gasteiger partial charge in [0.05, 0.1) is 23.6 Å². The summed E-state index contributed by atoms with van der Waals surface area (Å²) in [5.74, 6) is -8.64. The first kappa shape index (κ1) is 26.0. The van der Waals surface area contributed by atoms with Gasteiger partial charge in [0.2, 0.25) is 0 Å². The molecule has 4 nitrogen and oxygen atoms in total. The Kier molecular flexibility index (Phi) is 6.55. The highest BCUT2D eigenvalue weighted by Crippen LogP contribution is 2.56. The number of alkyl halides is 5. The molecule has 0 spiro atoms. The molecule has 1 N–H and O–H groups in total. The van der Waals surface area contributed by atoms with Crippen molar-refractivity contribution in [3.8, 4) is 5.75 Å². The number of benzene rings is 2. The van der Waals surface area contributed by atoms with Gasteiger partial charge in [-0.1, -0.05) is 11.6 Å². The first-order chi connectivity index (χ1) is 16.2. The van der Waals surface area contributed by atoms with Crippen LogP contribution < -0.4 is 10.1 Å². The molecule has 2 aromatic carbocycles. The maximum absolute atomic E-state index is 15.1. The molecule has 192 valence electrons. The zero-order valence-corrected chi connectivity index (χ0v) is 19.4. The lowest BCUT2D eigenvalue weighted by atomic mass is 9.71. The number of fused-ring (bicyclic) bond motifs is 3. The Morgan fingerprint density at radius 1 is 1.03 bits per heavy atom. The van der Waals surface area contributed by atoms with E-state index in [0.29, 0.717) is 0 Å². The molecular formula is C22H19ClF7NO3S. The largest absolute Gasteiger partial charge is 0.490 e. The van der Waals surface area contributed by atoms with Gasteiger partial charge in [0.1, 0.15) is 10.6 Å². The summed E-state index contributed by atoms with van der Waals surface area (Å²) in [6, 6.07) is 5.68. The molecule has 1 aliphatic heterocycles. The first-order valence-electron chi connectivity index (χ1n) is 10.5. The average molecular weight is 546 g/mol. The van der Waals surface area contributed by atoms with Gasteiger partial charge >= 0.3 is 12.1 Å². The monoisotopic (exact) mass is 545 g/mol. The van der Waals surface area contributed by atoms with Crippen molar-refractivity contribution in [3.63, 3.8) is 0 Å². The molecule has 0 aromatic heterocycles. The maximum atomic E-state index is 15.1. The van der Waals surface area contributed by atoms with Crippen LogP contribution in [-0.4, -0.2) is 39.7 Å². The Balaban J connectivity index is 1.76. The topological polar surface area (TPSA) is 55.4 Å². The highest BCUT2D eigenvalue weighted by molar-refractivity contribution is 7.92. The molecule has 4 rings (SSSR count). The van der Waals surface area contributed by atoms with Crippen molar-refractivity contribution in [1.29, 1.82) is 0 Å². The van der Waals surface area contributed by atoms with E-state index in [1.54, 1.807) is 0 Å². The number of rotatable bonds is 5. The summed E-state index contributed by atoms with van der Waals surface area (Å²) in [5.41, 5.74) is -0.511. The smallest absolute Gasteiger partial charge is 0.454 e. The van der Waals surface area contributed by atoms with Gasteiger partial charge in [0.15, 0.2) is 21.4 Å². The van der Waals surface area contributed by atoms with Crippen LogP contribution in [0, 0.1) is 17.6 Å². The lowest BCUT2D eigenvalue weighted by Crippen LogP contribution is -2.56. The third-order valence-corrected chi connectivity index (χ3v) is 9.48. The molecule has 2 aliphatic rings. The predicted molar refractivity (Wildman–Crippen MR) is 112 cm³/mol. The van der Waals surface area contributed by atoms with E-state index in [4.69, 9.17) is 16.3 Å². The van der Waals surface area contributed by atoms with Gasteiger partial charge in [-0.3, -0.25) is 0 Å². The zero-order valence-electron chi connectivity index (χ0n) is 17.8. The molecular weight excluding hydrogens is 527 g/mol. The Hall–Kier alpha value is -2.05. The quantitative estimate of drug-likeness (QED) is 0.495. The van der Waals surface area contributed by atoms with E-state index >= 15 is 4.39 Å². The lowest BCUT2D eigenvalue weighted by Gasteiger charge is -2.49. The second kappa shape index (κ2) is 8.81. The fourth-order valence-electron chi connectivity index (χ4n) is 4.90. The van der Waals surface area contributed by atoms with Gasteiger partial charge in [0, 0.05) is 17.0 Å². The molecule has 1 heterocycles. The van der Waals surface area contributed by atoms with Crippen molar-refractivity contribution in [2.75, 3.05) is 13.2 Å². The predicted octanol–water partition coefficient (Wildman–Crippen LogP) is 5.64. The van der Waals surface area contributed by atoms with Gasteiger partial charge in [-0.25, -0.2) is 17.2 Å². The van der Waals surface area contributed by atoms with Crippen molar-refractivity contribution in [3.05, 3.63) is 58.6 Å². The summed E-state index contributed by atoms with van der Waals surface area (Å²) in [5, 5.41) is 2.40. The Morgan fingerprint density at radius 3 is 2.29 bits per heavy atom. The van der Waals surface area contributed by atoms with Crippen LogP contribution in [0.1, 0.15) is 24.8 Å². The minimum atomic E-state index is -5.76. The van der Waals surface area contributed by atoms with Crippen LogP contribution in [0.5, 0.6) is 5.75 Å². The second-order valence-electron chi connectivity index (χ2n) is 8.64. The second-order valence-corrected chi connectivity index (χ2v) is 11.3. The standard InChI is InChI=1S/C22H19ClF7NO3S/c23-13-1-3-15(4-2-13)35(32,33)20-8-7-14(31-11-21(26,27)22(28,29)30)9-12(20)10-34-19-17(25)6-5-16(24)18(19)20/h1-6,12,14,31H,7-11H2/t12-,14-,20+/m1/s1. The summed E-state index contributed by atoms with van der Waals surface area (Å²) in [4.78, 5) is -0.224. The van der Waals surface area contributed by atoms with E-state index in [9.17, 15) is 34.8 Å². The molecule has 1 saturated carbocycles. The molecule has 0 bridgehead atoms. The highest BCUT2D eigenvalue weighted by atomic mass is 35.5. The van der Waals surface area contributed by atoms with Crippen LogP contribution in [0.15, 0.2) is 41.3 Å². The van der Waals surface area contributed by atoms with E-state index < -0.39 is 74.7 Å². The van der Waals surface area contributed by atoms with Gasteiger partial charge < -0.3 is 10.1 Å². The molecule has 35 heavy (non-hydrogen) atoms. The number of nitrogens with one attached hydrogen (secondary N) is 1. The Morgan fingerprint density at radius 2 is 1.66 bits per heavy atom. The van der Waals surface area contributed by atoms with Crippen molar-refractivity contribution in [2.45, 2.75) is 47.0 Å². The summed E-state index contributed by atoms with van der Waals surface area (Å²) in [6.45, 7) is -2.11. The zero-order chi connectivity index (χ0) is 25.8. The van der Waals surface area contributed by atoms with Crippen molar-refractivity contribution >= 4 is 21.4 Å². The third kappa shape index (κ3) is 4.27. The van der Waals surface area contributed by atoms with E-state index in [-0.39, 0.29) is 29.2 Å². The fraction of sp³-hybridized carbons (Fsp3) is 0.455. The SMILES string of the molecule is O=S(=O)(c1ccc(Cl)cc1)[C@@]12CC[C@@H](NCC(F)(F)C(F)(F)F)C[C@@H]1COc1c(F)ccc(F)c12. The van der Waals surface area contributed by atoms with E-state index in [0.717, 1.165) is 12.1 Å². The molecule has 13 heteroatoms. The minimum absolute atomic E-state index is 0.188. The van der Waals surface area contributed by atoms with Gasteiger partial charge in [-0.15, -0.1) is 0 Å². The van der Waals surface area contributed by atoms with Crippen LogP contribution in [0.3, 0.4) is 0 Å². The number of ether oxygens (including phenoxy) is 1. The summed E-state index contributed by atoms with van der Waals surface area (Å²) < 4.78 is 125. The van der Waals surface area contributed by atoms with E-state index in [1.165, 1.54) is 24.3 Å². The van der Waals surface area contributed by atoms with Gasteiger partial charge in [-0.05, 0) is 55.7 Å². The molecule has 0 radical (unpaired) electrons. The molecule has 2 aromatic rings. The van der Waals surface area contributed by atoms with E-state index in [2.05, 4.69) is 5.32 Å². The minimum Gasteiger partial charge on any atom is -0.490 e. The lowest BCUT2D eigenvalue weighted by molar-refractivity contribution is -0.279. The van der Waals surface area contributed by atoms with Crippen molar-refractivity contribution in [2.24, 2.45) is 5.92 Å². The summed E-state index contributed by atoms with van der Waals surface area (Å²) in [6.07, 6.45) is -6.54. The normalized spacial score (nSPS) is 24.9. The van der Waals surface area contributed by atoms with Gasteiger partial charge in [-0.2, -0.15) is 22.0 Å². The maximum Gasteiger partial charge on any atom is 0.454 e. The molecule has 1 fully saturated rings. The van der Waals surface area contributed by atoms with Crippen LogP contribution in [0.25, 0.3) is 0 Å². The van der Waals surface area contributed by atoms with Crippen LogP contribution in [-0.2, 0) is 14.6 Å². The van der Waals surface area contributed by atoms with Gasteiger partial charge in [0.25, 0.3) is 0 Å². The first-order valence-corrected chi connectivity index (χ1v) is 12.4. The fourth-order valence-corrected chi connectivity index (χ4v) is 7.39. The Bertz CT molecular complexity index is 1220. The van der Waals surface area contributed by atoms with Crippen LogP contribution in [0.2, 0.25) is 5.02 Å². The van der Waals surface area contributed by atoms with E-state index in [1.807, 2.05) is 0 Å². The number of hydrogen-bond acceptors (Lipinski definition) is 4. The molecule has 1 aliphatic carbocycles. The molecule has 3 atom stereocenters. The molecule has 0 saturated heterocycles. The van der Waals surface area contributed by atoms with Crippen LogP contribution in [0.4, 0.5) is 30.7 Å². The highest BCUT2D eigenvalue weighted by Gasteiger charge is 2.61. The Labute approximate surface area is 201 Å². The molecule has 0 amide bonds. The number of halogens is 8. The summed E-state index contributed by atoms with van der Waals surface area (Å²) >= 11 is 5.86. The third-order valence-electron chi connectivity index (χ3n) is 6.63.